The molecule has 1 fully saturated rings. The van der Waals surface area contributed by atoms with Gasteiger partial charge in [0, 0.05) is 0 Å². The molecule has 69 heavy (non-hydrogen) atoms. The van der Waals surface area contributed by atoms with Crippen molar-refractivity contribution in [2.75, 3.05) is 13.2 Å². The van der Waals surface area contributed by atoms with E-state index in [2.05, 4.69) is 0 Å². The molecule has 2 heterocycles. The van der Waals surface area contributed by atoms with Gasteiger partial charge in [0.15, 0.2) is 24.6 Å². The second-order valence-electron chi connectivity index (χ2n) is 15.7. The van der Waals surface area contributed by atoms with E-state index in [1.807, 2.05) is 30.3 Å². The van der Waals surface area contributed by atoms with Gasteiger partial charge in [0.25, 0.3) is 0 Å². The molecule has 15 heteroatoms. The van der Waals surface area contributed by atoms with Crippen LogP contribution < -0.4 is 0 Å². The van der Waals surface area contributed by atoms with Gasteiger partial charge in [0.2, 0.25) is 12.4 Å². The van der Waals surface area contributed by atoms with Crippen LogP contribution in [0.1, 0.15) is 57.4 Å². The van der Waals surface area contributed by atoms with Gasteiger partial charge in [-0.2, -0.15) is 0 Å². The highest BCUT2D eigenvalue weighted by atomic mass is 16.7. The zero-order valence-electron chi connectivity index (χ0n) is 36.8. The number of hydrogen-bond donors (Lipinski definition) is 1. The number of rotatable bonds is 17. The van der Waals surface area contributed by atoms with Gasteiger partial charge in [-0.3, -0.25) is 0 Å². The van der Waals surface area contributed by atoms with E-state index in [1.165, 1.54) is 54.6 Å². The van der Waals surface area contributed by atoms with Crippen LogP contribution in [0.4, 0.5) is 0 Å². The lowest BCUT2D eigenvalue weighted by Crippen LogP contribution is -2.63. The van der Waals surface area contributed by atoms with Gasteiger partial charge >= 0.3 is 29.8 Å². The molecule has 0 radical (unpaired) electrons. The van der Waals surface area contributed by atoms with Crippen molar-refractivity contribution in [2.45, 2.75) is 55.8 Å². The summed E-state index contributed by atoms with van der Waals surface area (Å²) in [7, 11) is 0. The van der Waals surface area contributed by atoms with Gasteiger partial charge in [-0.1, -0.05) is 121 Å². The smallest absolute Gasteiger partial charge is 0.338 e. The lowest BCUT2D eigenvalue weighted by molar-refractivity contribution is -0.299. The molecular weight excluding hydrogens is 889 g/mol. The molecule has 2 aliphatic heterocycles. The van der Waals surface area contributed by atoms with E-state index < -0.39 is 85.7 Å². The van der Waals surface area contributed by atoms with E-state index in [4.69, 9.17) is 42.6 Å². The lowest BCUT2D eigenvalue weighted by Gasteiger charge is -2.45. The molecule has 8 atom stereocenters. The largest absolute Gasteiger partial charge is 0.462 e. The monoisotopic (exact) mass is 934 g/mol. The Morgan fingerprint density at radius 3 is 1.29 bits per heavy atom. The molecule has 6 aromatic rings. The first-order valence-electron chi connectivity index (χ1n) is 22.0. The van der Waals surface area contributed by atoms with E-state index in [0.717, 1.165) is 5.56 Å². The van der Waals surface area contributed by atoms with E-state index >= 15 is 0 Å². The summed E-state index contributed by atoms with van der Waals surface area (Å²) in [5.74, 6) is -4.39. The van der Waals surface area contributed by atoms with Crippen molar-refractivity contribution in [2.24, 2.45) is 0 Å². The number of hydrogen-bond acceptors (Lipinski definition) is 15. The maximum Gasteiger partial charge on any atom is 0.338 e. The van der Waals surface area contributed by atoms with Crippen molar-refractivity contribution in [3.8, 4) is 0 Å². The number of benzene rings is 6. The Labute approximate surface area is 396 Å². The first-order valence-corrected chi connectivity index (χ1v) is 22.0. The Morgan fingerprint density at radius 2 is 0.826 bits per heavy atom. The van der Waals surface area contributed by atoms with Gasteiger partial charge in [-0.25, -0.2) is 24.0 Å². The standard InChI is InChI=1S/C54H46O15/c55-44-42(31-41(33-61-48(56)36-21-9-2-10-22-36)64-53(44)63-32-35-19-7-1-8-20-35)65-54-47(69-52(60)40-29-17-6-18-30-40)46(68-51(59)39-27-15-5-16-28-39)45(67-50(58)38-25-13-4-14-26-38)43(66-54)34-62-49(57)37-23-11-3-12-24-37/h1-31,41,43-47,53-55H,32-34H2/t41?,43?,44?,45-,46+,47?,53-,54-/m1/s1. The summed E-state index contributed by atoms with van der Waals surface area (Å²) in [5, 5.41) is 11.9. The number of carbonyl (C=O) groups is 5. The average Bonchev–Trinajstić information content (AvgIpc) is 3.40. The van der Waals surface area contributed by atoms with E-state index in [1.54, 1.807) is 103 Å². The highest BCUT2D eigenvalue weighted by molar-refractivity contribution is 5.92. The molecule has 0 spiro atoms. The first kappa shape index (κ1) is 47.5. The van der Waals surface area contributed by atoms with Crippen LogP contribution in [0.25, 0.3) is 0 Å². The summed E-state index contributed by atoms with van der Waals surface area (Å²) in [6, 6.07) is 49.2. The van der Waals surface area contributed by atoms with Crippen LogP contribution in [0.3, 0.4) is 0 Å². The van der Waals surface area contributed by atoms with Crippen molar-refractivity contribution in [3.63, 3.8) is 0 Å². The number of ether oxygens (including phenoxy) is 9. The average molecular weight is 935 g/mol. The minimum absolute atomic E-state index is 0.0234. The van der Waals surface area contributed by atoms with Gasteiger partial charge in [0.1, 0.15) is 31.2 Å². The predicted molar refractivity (Wildman–Crippen MR) is 244 cm³/mol. The normalized spacial score (nSPS) is 21.9. The highest BCUT2D eigenvalue weighted by Crippen LogP contribution is 2.35. The fourth-order valence-corrected chi connectivity index (χ4v) is 7.35. The molecule has 2 aliphatic rings. The van der Waals surface area contributed by atoms with Crippen LogP contribution in [0.2, 0.25) is 0 Å². The van der Waals surface area contributed by atoms with Crippen molar-refractivity contribution in [3.05, 3.63) is 227 Å². The molecule has 8 rings (SSSR count). The van der Waals surface area contributed by atoms with E-state index in [9.17, 15) is 29.1 Å². The summed E-state index contributed by atoms with van der Waals surface area (Å²) < 4.78 is 55.1. The van der Waals surface area contributed by atoms with Gasteiger partial charge in [-0.15, -0.1) is 0 Å². The molecule has 6 aromatic carbocycles. The summed E-state index contributed by atoms with van der Waals surface area (Å²) in [5.41, 5.74) is 1.49. The molecule has 0 saturated carbocycles. The summed E-state index contributed by atoms with van der Waals surface area (Å²) in [6.45, 7) is -1.02. The fourth-order valence-electron chi connectivity index (χ4n) is 7.35. The Kier molecular flexibility index (Phi) is 16.0. The van der Waals surface area contributed by atoms with Gasteiger partial charge in [0.05, 0.1) is 34.4 Å². The van der Waals surface area contributed by atoms with Crippen molar-refractivity contribution in [1.29, 1.82) is 0 Å². The van der Waals surface area contributed by atoms with Gasteiger partial charge < -0.3 is 47.7 Å². The zero-order chi connectivity index (χ0) is 48.0. The third-order valence-corrected chi connectivity index (χ3v) is 10.8. The second kappa shape index (κ2) is 23.2. The molecule has 0 aliphatic carbocycles. The summed E-state index contributed by atoms with van der Waals surface area (Å²) in [4.78, 5) is 68.7. The number of aliphatic hydroxyl groups is 1. The summed E-state index contributed by atoms with van der Waals surface area (Å²) in [6.07, 6.45) is -11.4. The van der Waals surface area contributed by atoms with E-state index in [0.29, 0.717) is 0 Å². The quantitative estimate of drug-likeness (QED) is 0.0708. The van der Waals surface area contributed by atoms with Crippen LogP contribution in [-0.2, 0) is 49.2 Å². The maximum atomic E-state index is 14.1. The first-order chi connectivity index (χ1) is 33.7. The molecule has 352 valence electrons. The highest BCUT2D eigenvalue weighted by Gasteiger charge is 2.55. The molecule has 15 nitrogen and oxygen atoms in total. The third kappa shape index (κ3) is 12.5. The van der Waals surface area contributed by atoms with Crippen molar-refractivity contribution < 1.29 is 71.7 Å². The molecule has 4 unspecified atom stereocenters. The number of aliphatic hydroxyl groups excluding tert-OH is 1. The van der Waals surface area contributed by atoms with Crippen LogP contribution in [-0.4, -0.2) is 97.4 Å². The zero-order valence-corrected chi connectivity index (χ0v) is 36.8. The summed E-state index contributed by atoms with van der Waals surface area (Å²) >= 11 is 0. The van der Waals surface area contributed by atoms with Crippen LogP contribution in [0.5, 0.6) is 0 Å². The minimum atomic E-state index is -1.82. The predicted octanol–water partition coefficient (Wildman–Crippen LogP) is 7.31. The lowest BCUT2D eigenvalue weighted by atomic mass is 9.97. The molecule has 0 amide bonds. The fraction of sp³-hybridized carbons (Fsp3) is 0.204. The molecule has 0 bridgehead atoms. The van der Waals surface area contributed by atoms with Crippen molar-refractivity contribution >= 4 is 29.8 Å². The Hall–Kier alpha value is -7.95. The Morgan fingerprint density at radius 1 is 0.435 bits per heavy atom. The third-order valence-electron chi connectivity index (χ3n) is 10.8. The Balaban J connectivity index is 1.18. The molecule has 0 aromatic heterocycles. The maximum absolute atomic E-state index is 14.1. The van der Waals surface area contributed by atoms with Crippen LogP contribution in [0, 0.1) is 0 Å². The van der Waals surface area contributed by atoms with Crippen molar-refractivity contribution in [1.82, 2.24) is 0 Å². The van der Waals surface area contributed by atoms with Crippen LogP contribution in [0.15, 0.2) is 194 Å². The van der Waals surface area contributed by atoms with E-state index in [-0.39, 0.29) is 46.8 Å². The number of esters is 5. The molecule has 1 saturated heterocycles. The van der Waals surface area contributed by atoms with Gasteiger partial charge in [-0.05, 0) is 72.3 Å². The number of carbonyl (C=O) groups excluding carboxylic acids is 5. The molecular formula is C54H46O15. The second-order valence-corrected chi connectivity index (χ2v) is 15.7. The molecule has 1 N–H and O–H groups in total. The SMILES string of the molecule is O=C(OCC1C=C(O[C@@H]2OC(COC(=O)c3ccccc3)[C@@H](OC(=O)c3ccccc3)[C@H](OC(=O)c3ccccc3)C2OC(=O)c2ccccc2)C(O)[C@H](OCc2ccccc2)O1)c1ccccc1. The van der Waals surface area contributed by atoms with Crippen LogP contribution >= 0.6 is 0 Å². The topological polar surface area (TPSA) is 189 Å². The minimum Gasteiger partial charge on any atom is -0.462 e. The Bertz CT molecular complexity index is 2670.